The highest BCUT2D eigenvalue weighted by molar-refractivity contribution is 5.89. The van der Waals surface area contributed by atoms with Gasteiger partial charge in [-0.15, -0.1) is 5.10 Å². The van der Waals surface area contributed by atoms with Crippen molar-refractivity contribution in [1.29, 1.82) is 0 Å². The van der Waals surface area contributed by atoms with E-state index in [1.807, 2.05) is 30.3 Å². The molecule has 1 atom stereocenters. The second kappa shape index (κ2) is 9.12. The minimum atomic E-state index is -0.564. The van der Waals surface area contributed by atoms with Crippen LogP contribution in [0.3, 0.4) is 0 Å². The summed E-state index contributed by atoms with van der Waals surface area (Å²) in [7, 11) is 0. The Kier molecular flexibility index (Phi) is 6.35. The molecule has 2 heterocycles. The standard InChI is InChI=1S/C20H24N4O3/c1-16-6-5-11-23(12-16)19(25)15-27-20(26)10-9-18-14-24(22-21-18)13-17-7-3-2-4-8-17/h2-4,7-10,14,16H,5-6,11-13,15H2,1H3/b10-9+/t16-/m0/s1. The maximum absolute atomic E-state index is 12.1. The summed E-state index contributed by atoms with van der Waals surface area (Å²) in [6.45, 7) is 3.97. The molecule has 0 saturated carbocycles. The molecule has 1 aliphatic rings. The Hall–Kier alpha value is -2.96. The number of carbonyl (C=O) groups excluding carboxylic acids is 2. The Morgan fingerprint density at radius 2 is 2.11 bits per heavy atom. The van der Waals surface area contributed by atoms with Gasteiger partial charge in [-0.1, -0.05) is 42.5 Å². The van der Waals surface area contributed by atoms with Crippen molar-refractivity contribution < 1.29 is 14.3 Å². The molecule has 3 rings (SSSR count). The van der Waals surface area contributed by atoms with Crippen molar-refractivity contribution in [2.45, 2.75) is 26.3 Å². The van der Waals surface area contributed by atoms with Gasteiger partial charge in [-0.3, -0.25) is 4.79 Å². The smallest absolute Gasteiger partial charge is 0.331 e. The number of esters is 1. The average Bonchev–Trinajstić information content (AvgIpc) is 3.12. The van der Waals surface area contributed by atoms with Crippen LogP contribution in [-0.2, 0) is 20.9 Å². The molecule has 142 valence electrons. The van der Waals surface area contributed by atoms with Crippen LogP contribution in [0.25, 0.3) is 6.08 Å². The van der Waals surface area contributed by atoms with Crippen molar-refractivity contribution in [1.82, 2.24) is 19.9 Å². The van der Waals surface area contributed by atoms with Crippen LogP contribution in [0.2, 0.25) is 0 Å². The lowest BCUT2D eigenvalue weighted by molar-refractivity contribution is -0.149. The number of carbonyl (C=O) groups is 2. The van der Waals surface area contributed by atoms with E-state index >= 15 is 0 Å². The summed E-state index contributed by atoms with van der Waals surface area (Å²) in [6.07, 6.45) is 6.68. The summed E-state index contributed by atoms with van der Waals surface area (Å²) in [4.78, 5) is 25.7. The van der Waals surface area contributed by atoms with Crippen LogP contribution in [0.5, 0.6) is 0 Å². The summed E-state index contributed by atoms with van der Waals surface area (Å²) >= 11 is 0. The molecule has 0 N–H and O–H groups in total. The lowest BCUT2D eigenvalue weighted by Crippen LogP contribution is -2.41. The fourth-order valence-corrected chi connectivity index (χ4v) is 3.08. The molecule has 0 aliphatic carbocycles. The van der Waals surface area contributed by atoms with Crippen molar-refractivity contribution in [3.8, 4) is 0 Å². The number of amides is 1. The quantitative estimate of drug-likeness (QED) is 0.577. The highest BCUT2D eigenvalue weighted by atomic mass is 16.5. The molecule has 7 nitrogen and oxygen atoms in total. The first-order valence-electron chi connectivity index (χ1n) is 9.17. The molecule has 1 aromatic heterocycles. The molecular weight excluding hydrogens is 344 g/mol. The van der Waals surface area contributed by atoms with Gasteiger partial charge in [0.05, 0.1) is 12.7 Å². The molecule has 7 heteroatoms. The van der Waals surface area contributed by atoms with Crippen LogP contribution < -0.4 is 0 Å². The Morgan fingerprint density at radius 1 is 1.30 bits per heavy atom. The van der Waals surface area contributed by atoms with Gasteiger partial charge in [0.15, 0.2) is 6.61 Å². The third-order valence-electron chi connectivity index (χ3n) is 4.48. The lowest BCUT2D eigenvalue weighted by atomic mass is 10.0. The fourth-order valence-electron chi connectivity index (χ4n) is 3.08. The summed E-state index contributed by atoms with van der Waals surface area (Å²) in [5, 5.41) is 8.04. The van der Waals surface area contributed by atoms with Gasteiger partial charge >= 0.3 is 5.97 Å². The largest absolute Gasteiger partial charge is 0.452 e. The Balaban J connectivity index is 1.45. The molecule has 1 saturated heterocycles. The number of piperidine rings is 1. The van der Waals surface area contributed by atoms with E-state index in [0.717, 1.165) is 31.5 Å². The van der Waals surface area contributed by atoms with Crippen LogP contribution in [-0.4, -0.2) is 51.5 Å². The number of ether oxygens (including phenoxy) is 1. The minimum Gasteiger partial charge on any atom is -0.452 e. The monoisotopic (exact) mass is 368 g/mol. The van der Waals surface area contributed by atoms with Crippen molar-refractivity contribution in [3.63, 3.8) is 0 Å². The first-order chi connectivity index (χ1) is 13.1. The van der Waals surface area contributed by atoms with E-state index in [2.05, 4.69) is 17.2 Å². The molecule has 0 radical (unpaired) electrons. The van der Waals surface area contributed by atoms with Crippen LogP contribution >= 0.6 is 0 Å². The zero-order chi connectivity index (χ0) is 19.1. The zero-order valence-electron chi connectivity index (χ0n) is 15.5. The van der Waals surface area contributed by atoms with Gasteiger partial charge in [0.1, 0.15) is 5.69 Å². The lowest BCUT2D eigenvalue weighted by Gasteiger charge is -2.30. The second-order valence-corrected chi connectivity index (χ2v) is 6.85. The van der Waals surface area contributed by atoms with Crippen molar-refractivity contribution >= 4 is 18.0 Å². The minimum absolute atomic E-state index is 0.142. The summed E-state index contributed by atoms with van der Waals surface area (Å²) in [5.74, 6) is -0.208. The summed E-state index contributed by atoms with van der Waals surface area (Å²) in [6, 6.07) is 9.91. The van der Waals surface area contributed by atoms with Gasteiger partial charge in [-0.25, -0.2) is 9.48 Å². The van der Waals surface area contributed by atoms with E-state index in [0.29, 0.717) is 18.2 Å². The molecule has 1 aromatic carbocycles. The number of aromatic nitrogens is 3. The Bertz CT molecular complexity index is 801. The molecule has 0 unspecified atom stereocenters. The van der Waals surface area contributed by atoms with E-state index in [9.17, 15) is 9.59 Å². The van der Waals surface area contributed by atoms with Crippen LogP contribution in [0.1, 0.15) is 31.0 Å². The highest BCUT2D eigenvalue weighted by Gasteiger charge is 2.21. The van der Waals surface area contributed by atoms with Gasteiger partial charge in [0.2, 0.25) is 0 Å². The van der Waals surface area contributed by atoms with Crippen molar-refractivity contribution in [3.05, 3.63) is 53.9 Å². The van der Waals surface area contributed by atoms with Crippen LogP contribution in [0, 0.1) is 5.92 Å². The fraction of sp³-hybridized carbons (Fsp3) is 0.400. The Morgan fingerprint density at radius 3 is 2.89 bits per heavy atom. The average molecular weight is 368 g/mol. The van der Waals surface area contributed by atoms with Gasteiger partial charge in [0, 0.05) is 19.2 Å². The van der Waals surface area contributed by atoms with Gasteiger partial charge in [-0.2, -0.15) is 0 Å². The number of nitrogens with zero attached hydrogens (tertiary/aromatic N) is 4. The molecular formula is C20H24N4O3. The zero-order valence-corrected chi connectivity index (χ0v) is 15.5. The highest BCUT2D eigenvalue weighted by Crippen LogP contribution is 2.15. The first-order valence-corrected chi connectivity index (χ1v) is 9.17. The Labute approximate surface area is 158 Å². The molecule has 1 fully saturated rings. The topological polar surface area (TPSA) is 77.3 Å². The first kappa shape index (κ1) is 18.8. The molecule has 0 spiro atoms. The van der Waals surface area contributed by atoms with Crippen LogP contribution in [0.4, 0.5) is 0 Å². The number of benzene rings is 1. The SMILES string of the molecule is C[C@H]1CCCN(C(=O)COC(=O)/C=C/c2cn(Cc3ccccc3)nn2)C1. The summed E-state index contributed by atoms with van der Waals surface area (Å²) in [5.41, 5.74) is 1.67. The third kappa shape index (κ3) is 5.77. The van der Waals surface area contributed by atoms with E-state index < -0.39 is 5.97 Å². The van der Waals surface area contributed by atoms with Crippen molar-refractivity contribution in [2.24, 2.45) is 5.92 Å². The van der Waals surface area contributed by atoms with Crippen LogP contribution in [0.15, 0.2) is 42.6 Å². The van der Waals surface area contributed by atoms with E-state index in [1.54, 1.807) is 15.8 Å². The number of rotatable bonds is 6. The second-order valence-electron chi connectivity index (χ2n) is 6.85. The van der Waals surface area contributed by atoms with E-state index in [4.69, 9.17) is 4.74 Å². The molecule has 27 heavy (non-hydrogen) atoms. The van der Waals surface area contributed by atoms with Gasteiger partial charge in [-0.05, 0) is 30.4 Å². The molecule has 1 amide bonds. The number of likely N-dealkylation sites (tertiary alicyclic amines) is 1. The van der Waals surface area contributed by atoms with E-state index in [1.165, 1.54) is 12.2 Å². The molecule has 1 aliphatic heterocycles. The normalized spacial score (nSPS) is 17.2. The molecule has 2 aromatic rings. The predicted molar refractivity (Wildman–Crippen MR) is 101 cm³/mol. The van der Waals surface area contributed by atoms with Gasteiger partial charge < -0.3 is 9.64 Å². The maximum atomic E-state index is 12.1. The third-order valence-corrected chi connectivity index (χ3v) is 4.48. The van der Waals surface area contributed by atoms with Crippen molar-refractivity contribution in [2.75, 3.05) is 19.7 Å². The van der Waals surface area contributed by atoms with Gasteiger partial charge in [0.25, 0.3) is 5.91 Å². The molecule has 0 bridgehead atoms. The maximum Gasteiger partial charge on any atom is 0.331 e. The number of hydrogen-bond acceptors (Lipinski definition) is 5. The predicted octanol–water partition coefficient (Wildman–Crippen LogP) is 2.14. The number of hydrogen-bond donors (Lipinski definition) is 0. The summed E-state index contributed by atoms with van der Waals surface area (Å²) < 4.78 is 6.74. The van der Waals surface area contributed by atoms with E-state index in [-0.39, 0.29) is 12.5 Å².